The molecule has 1 aromatic carbocycles. The highest BCUT2D eigenvalue weighted by molar-refractivity contribution is 5.59. The van der Waals surface area contributed by atoms with Crippen molar-refractivity contribution in [2.75, 3.05) is 18.0 Å². The van der Waals surface area contributed by atoms with Gasteiger partial charge < -0.3 is 15.0 Å². The summed E-state index contributed by atoms with van der Waals surface area (Å²) in [5.41, 5.74) is 1.22. The second-order valence-corrected chi connectivity index (χ2v) is 5.78. The van der Waals surface area contributed by atoms with Crippen LogP contribution in [0.2, 0.25) is 0 Å². The van der Waals surface area contributed by atoms with Crippen molar-refractivity contribution >= 4 is 5.69 Å². The van der Waals surface area contributed by atoms with Gasteiger partial charge in [0.1, 0.15) is 5.75 Å². The Morgan fingerprint density at radius 3 is 2.74 bits per heavy atom. The molecule has 1 aromatic rings. The summed E-state index contributed by atoms with van der Waals surface area (Å²) in [4.78, 5) is 2.47. The van der Waals surface area contributed by atoms with Gasteiger partial charge in [0, 0.05) is 18.6 Å². The van der Waals surface area contributed by atoms with E-state index in [0.717, 1.165) is 18.8 Å². The predicted octanol–water partition coefficient (Wildman–Crippen LogP) is 3.05. The molecule has 0 bridgehead atoms. The monoisotopic (exact) mass is 262 g/mol. The molecule has 0 aliphatic carbocycles. The van der Waals surface area contributed by atoms with Crippen LogP contribution in [0.1, 0.15) is 34.1 Å². The fourth-order valence-electron chi connectivity index (χ4n) is 2.62. The van der Waals surface area contributed by atoms with Crippen LogP contribution in [-0.2, 0) is 0 Å². The molecule has 1 N–H and O–H groups in total. The zero-order chi connectivity index (χ0) is 13.8. The molecular weight excluding hydrogens is 236 g/mol. The van der Waals surface area contributed by atoms with Gasteiger partial charge in [-0.05, 0) is 52.8 Å². The van der Waals surface area contributed by atoms with Crippen LogP contribution in [-0.4, -0.2) is 31.3 Å². The van der Waals surface area contributed by atoms with E-state index in [0.29, 0.717) is 12.1 Å². The number of hydrogen-bond donors (Lipinski definition) is 1. The van der Waals surface area contributed by atoms with Gasteiger partial charge in [-0.15, -0.1) is 0 Å². The normalized spacial score (nSPS) is 24.4. The van der Waals surface area contributed by atoms with E-state index in [2.05, 4.69) is 56.1 Å². The van der Waals surface area contributed by atoms with Crippen LogP contribution in [0, 0.1) is 0 Å². The highest BCUT2D eigenvalue weighted by Gasteiger charge is 2.23. The summed E-state index contributed by atoms with van der Waals surface area (Å²) in [5, 5.41) is 3.55. The lowest BCUT2D eigenvalue weighted by atomic mass is 10.1. The van der Waals surface area contributed by atoms with Gasteiger partial charge >= 0.3 is 0 Å². The van der Waals surface area contributed by atoms with Crippen LogP contribution in [0.4, 0.5) is 5.69 Å². The number of ether oxygens (including phenoxy) is 1. The molecule has 1 aliphatic rings. The van der Waals surface area contributed by atoms with Crippen LogP contribution in [0.25, 0.3) is 0 Å². The van der Waals surface area contributed by atoms with Crippen molar-refractivity contribution in [3.8, 4) is 5.75 Å². The van der Waals surface area contributed by atoms with Gasteiger partial charge in [0.15, 0.2) is 0 Å². The van der Waals surface area contributed by atoms with Crippen LogP contribution in [0.5, 0.6) is 5.75 Å². The van der Waals surface area contributed by atoms with Crippen molar-refractivity contribution in [2.45, 2.75) is 52.3 Å². The van der Waals surface area contributed by atoms with Crippen LogP contribution in [0.15, 0.2) is 24.3 Å². The lowest BCUT2D eigenvalue weighted by molar-refractivity contribution is 0.242. The SMILES string of the molecule is CC1CN(c2ccccc2OC(C)C)C(C)CCN1. The molecule has 0 saturated carbocycles. The molecule has 0 amide bonds. The Balaban J connectivity index is 2.27. The lowest BCUT2D eigenvalue weighted by Crippen LogP contribution is -2.38. The minimum absolute atomic E-state index is 0.207. The lowest BCUT2D eigenvalue weighted by Gasteiger charge is -2.32. The van der Waals surface area contributed by atoms with Gasteiger partial charge in [-0.2, -0.15) is 0 Å². The first-order valence-electron chi connectivity index (χ1n) is 7.33. The van der Waals surface area contributed by atoms with Crippen molar-refractivity contribution in [3.05, 3.63) is 24.3 Å². The molecule has 3 heteroatoms. The zero-order valence-corrected chi connectivity index (χ0v) is 12.5. The van der Waals surface area contributed by atoms with E-state index in [-0.39, 0.29) is 6.10 Å². The van der Waals surface area contributed by atoms with Crippen LogP contribution >= 0.6 is 0 Å². The molecule has 0 aromatic heterocycles. The first-order chi connectivity index (χ1) is 9.08. The summed E-state index contributed by atoms with van der Waals surface area (Å²) >= 11 is 0. The number of benzene rings is 1. The summed E-state index contributed by atoms with van der Waals surface area (Å²) in [6.07, 6.45) is 1.37. The van der Waals surface area contributed by atoms with E-state index in [1.54, 1.807) is 0 Å². The molecule has 2 rings (SSSR count). The van der Waals surface area contributed by atoms with E-state index in [9.17, 15) is 0 Å². The molecule has 0 radical (unpaired) electrons. The fraction of sp³-hybridized carbons (Fsp3) is 0.625. The zero-order valence-electron chi connectivity index (χ0n) is 12.5. The Bertz CT molecular complexity index is 405. The quantitative estimate of drug-likeness (QED) is 0.906. The van der Waals surface area contributed by atoms with E-state index in [1.165, 1.54) is 12.1 Å². The first kappa shape index (κ1) is 14.2. The number of para-hydroxylation sites is 2. The molecule has 0 spiro atoms. The first-order valence-corrected chi connectivity index (χ1v) is 7.33. The summed E-state index contributed by atoms with van der Waals surface area (Å²) in [5.74, 6) is 0.999. The van der Waals surface area contributed by atoms with Crippen LogP contribution in [0.3, 0.4) is 0 Å². The minimum atomic E-state index is 0.207. The van der Waals surface area contributed by atoms with Crippen molar-refractivity contribution < 1.29 is 4.74 Å². The molecule has 1 heterocycles. The third kappa shape index (κ3) is 3.63. The minimum Gasteiger partial charge on any atom is -0.489 e. The maximum Gasteiger partial charge on any atom is 0.142 e. The number of anilines is 1. The van der Waals surface area contributed by atoms with Gasteiger partial charge in [0.25, 0.3) is 0 Å². The van der Waals surface area contributed by atoms with Gasteiger partial charge in [-0.25, -0.2) is 0 Å². The fourth-order valence-corrected chi connectivity index (χ4v) is 2.62. The molecule has 106 valence electrons. The van der Waals surface area contributed by atoms with Crippen molar-refractivity contribution in [1.29, 1.82) is 0 Å². The third-order valence-electron chi connectivity index (χ3n) is 3.59. The Hall–Kier alpha value is -1.22. The molecule has 1 aliphatic heterocycles. The Kier molecular flexibility index (Phi) is 4.70. The van der Waals surface area contributed by atoms with Gasteiger partial charge in [-0.1, -0.05) is 12.1 Å². The van der Waals surface area contributed by atoms with Gasteiger partial charge in [0.05, 0.1) is 11.8 Å². The number of hydrogen-bond acceptors (Lipinski definition) is 3. The number of nitrogens with one attached hydrogen (secondary N) is 1. The highest BCUT2D eigenvalue weighted by atomic mass is 16.5. The van der Waals surface area contributed by atoms with E-state index < -0.39 is 0 Å². The maximum atomic E-state index is 5.96. The van der Waals surface area contributed by atoms with E-state index >= 15 is 0 Å². The van der Waals surface area contributed by atoms with E-state index in [4.69, 9.17) is 4.74 Å². The summed E-state index contributed by atoms with van der Waals surface area (Å²) in [7, 11) is 0. The van der Waals surface area contributed by atoms with Gasteiger partial charge in [-0.3, -0.25) is 0 Å². The topological polar surface area (TPSA) is 24.5 Å². The average molecular weight is 262 g/mol. The predicted molar refractivity (Wildman–Crippen MR) is 81.1 cm³/mol. The van der Waals surface area contributed by atoms with Crippen molar-refractivity contribution in [3.63, 3.8) is 0 Å². The second-order valence-electron chi connectivity index (χ2n) is 5.78. The second kappa shape index (κ2) is 6.29. The largest absolute Gasteiger partial charge is 0.489 e. The Labute approximate surface area is 116 Å². The molecule has 2 unspecified atom stereocenters. The molecular formula is C16H26N2O. The average Bonchev–Trinajstić information content (AvgIpc) is 2.51. The summed E-state index contributed by atoms with van der Waals surface area (Å²) < 4.78 is 5.96. The Morgan fingerprint density at radius 1 is 1.26 bits per heavy atom. The number of nitrogens with zero attached hydrogens (tertiary/aromatic N) is 1. The van der Waals surface area contributed by atoms with Crippen molar-refractivity contribution in [1.82, 2.24) is 5.32 Å². The third-order valence-corrected chi connectivity index (χ3v) is 3.59. The standard InChI is InChI=1S/C16H26N2O/c1-12(2)19-16-8-6-5-7-15(16)18-11-13(3)17-10-9-14(18)4/h5-8,12-14,17H,9-11H2,1-4H3. The highest BCUT2D eigenvalue weighted by Crippen LogP contribution is 2.31. The Morgan fingerprint density at radius 2 is 2.00 bits per heavy atom. The van der Waals surface area contributed by atoms with Gasteiger partial charge in [0.2, 0.25) is 0 Å². The molecule has 1 fully saturated rings. The molecule has 3 nitrogen and oxygen atoms in total. The molecule has 19 heavy (non-hydrogen) atoms. The van der Waals surface area contributed by atoms with Crippen LogP contribution < -0.4 is 15.0 Å². The summed E-state index contributed by atoms with van der Waals surface area (Å²) in [6, 6.07) is 9.44. The molecule has 2 atom stereocenters. The van der Waals surface area contributed by atoms with Crippen molar-refractivity contribution in [2.24, 2.45) is 0 Å². The maximum absolute atomic E-state index is 5.96. The van der Waals surface area contributed by atoms with E-state index in [1.807, 2.05) is 6.07 Å². The summed E-state index contributed by atoms with van der Waals surface area (Å²) in [6.45, 7) is 10.8. The number of rotatable bonds is 3. The molecule has 1 saturated heterocycles. The smallest absolute Gasteiger partial charge is 0.142 e.